The minimum atomic E-state index is 0.740. The van der Waals surface area contributed by atoms with Crippen LogP contribution in [0.15, 0.2) is 54.6 Å². The van der Waals surface area contributed by atoms with Crippen LogP contribution < -0.4 is 9.47 Å². The third-order valence-electron chi connectivity index (χ3n) is 3.61. The second-order valence-electron chi connectivity index (χ2n) is 5.14. The molecule has 23 heavy (non-hydrogen) atoms. The molecule has 0 aliphatic carbocycles. The van der Waals surface area contributed by atoms with Crippen LogP contribution in [0.2, 0.25) is 0 Å². The fraction of sp³-hybridized carbons (Fsp3) is 0.158. The molecule has 3 aromatic rings. The van der Waals surface area contributed by atoms with Crippen molar-refractivity contribution in [2.75, 3.05) is 14.2 Å². The summed E-state index contributed by atoms with van der Waals surface area (Å²) in [6.45, 7) is 1.90. The van der Waals surface area contributed by atoms with Crippen molar-refractivity contribution in [3.05, 3.63) is 60.4 Å². The maximum atomic E-state index is 5.20. The quantitative estimate of drug-likeness (QED) is 0.727. The predicted octanol–water partition coefficient (Wildman–Crippen LogP) is 4.14. The third-order valence-corrected chi connectivity index (χ3v) is 3.61. The van der Waals surface area contributed by atoms with Crippen LogP contribution in [0.25, 0.3) is 22.5 Å². The lowest BCUT2D eigenvalue weighted by Gasteiger charge is -2.08. The molecular formula is C19H18N2O2. The van der Waals surface area contributed by atoms with Gasteiger partial charge in [0.15, 0.2) is 0 Å². The molecule has 4 nitrogen and oxygen atoms in total. The number of aryl methyl sites for hydroxylation is 1. The summed E-state index contributed by atoms with van der Waals surface area (Å²) in [6, 6.07) is 17.7. The largest absolute Gasteiger partial charge is 0.497 e. The number of rotatable bonds is 4. The summed E-state index contributed by atoms with van der Waals surface area (Å²) in [5, 5.41) is 0. The van der Waals surface area contributed by atoms with Crippen molar-refractivity contribution in [1.29, 1.82) is 0 Å². The number of benzene rings is 2. The highest BCUT2D eigenvalue weighted by Crippen LogP contribution is 2.26. The van der Waals surface area contributed by atoms with Gasteiger partial charge in [-0.15, -0.1) is 0 Å². The summed E-state index contributed by atoms with van der Waals surface area (Å²) < 4.78 is 10.4. The lowest BCUT2D eigenvalue weighted by molar-refractivity contribution is 0.415. The van der Waals surface area contributed by atoms with Crippen molar-refractivity contribution in [3.8, 4) is 34.0 Å². The van der Waals surface area contributed by atoms with Gasteiger partial charge in [-0.2, -0.15) is 0 Å². The van der Waals surface area contributed by atoms with E-state index in [1.165, 1.54) is 0 Å². The number of methoxy groups -OCH3 is 2. The molecule has 0 unspecified atom stereocenters. The van der Waals surface area contributed by atoms with Crippen molar-refractivity contribution < 1.29 is 9.47 Å². The number of hydrogen-bond donors (Lipinski definition) is 0. The van der Waals surface area contributed by atoms with E-state index in [1.54, 1.807) is 14.2 Å². The Bertz CT molecular complexity index is 731. The van der Waals surface area contributed by atoms with Gasteiger partial charge >= 0.3 is 0 Å². The molecule has 3 rings (SSSR count). The van der Waals surface area contributed by atoms with Crippen LogP contribution in [-0.2, 0) is 0 Å². The highest BCUT2D eigenvalue weighted by Gasteiger charge is 2.07. The summed E-state index contributed by atoms with van der Waals surface area (Å²) in [6.07, 6.45) is 0. The second-order valence-corrected chi connectivity index (χ2v) is 5.14. The van der Waals surface area contributed by atoms with Gasteiger partial charge in [-0.25, -0.2) is 9.97 Å². The highest BCUT2D eigenvalue weighted by atomic mass is 16.5. The molecular weight excluding hydrogens is 288 g/mol. The van der Waals surface area contributed by atoms with E-state index in [0.717, 1.165) is 39.8 Å². The molecule has 0 spiro atoms. The van der Waals surface area contributed by atoms with Crippen LogP contribution >= 0.6 is 0 Å². The summed E-state index contributed by atoms with van der Waals surface area (Å²) in [5.41, 5.74) is 3.86. The number of hydrogen-bond acceptors (Lipinski definition) is 4. The first-order chi connectivity index (χ1) is 11.2. The zero-order valence-electron chi connectivity index (χ0n) is 13.4. The fourth-order valence-corrected chi connectivity index (χ4v) is 2.39. The molecule has 0 radical (unpaired) electrons. The number of aromatic nitrogens is 2. The molecule has 0 amide bonds. The van der Waals surface area contributed by atoms with Crippen LogP contribution in [0.5, 0.6) is 11.5 Å². The van der Waals surface area contributed by atoms with E-state index in [4.69, 9.17) is 9.47 Å². The summed E-state index contributed by atoms with van der Waals surface area (Å²) in [4.78, 5) is 9.08. The lowest BCUT2D eigenvalue weighted by atomic mass is 10.1. The minimum Gasteiger partial charge on any atom is -0.497 e. The summed E-state index contributed by atoms with van der Waals surface area (Å²) in [7, 11) is 3.32. The maximum absolute atomic E-state index is 5.20. The maximum Gasteiger partial charge on any atom is 0.126 e. The number of ether oxygens (including phenoxy) is 2. The Morgan fingerprint density at radius 3 is 1.39 bits per heavy atom. The standard InChI is InChI=1S/C19H18N2O2/c1-13-20-18(14-4-8-16(22-2)9-5-14)12-19(21-13)15-6-10-17(23-3)11-7-15/h4-12H,1-3H3. The Morgan fingerprint density at radius 2 is 1.04 bits per heavy atom. The van der Waals surface area contributed by atoms with Crippen molar-refractivity contribution >= 4 is 0 Å². The molecule has 0 atom stereocenters. The van der Waals surface area contributed by atoms with Gasteiger partial charge in [-0.3, -0.25) is 0 Å². The van der Waals surface area contributed by atoms with Gasteiger partial charge in [0.2, 0.25) is 0 Å². The van der Waals surface area contributed by atoms with E-state index in [2.05, 4.69) is 9.97 Å². The van der Waals surface area contributed by atoms with Gasteiger partial charge in [-0.05, 0) is 61.5 Å². The Hall–Kier alpha value is -2.88. The molecule has 0 saturated carbocycles. The molecule has 0 aliphatic rings. The fourth-order valence-electron chi connectivity index (χ4n) is 2.39. The first-order valence-corrected chi connectivity index (χ1v) is 7.34. The van der Waals surface area contributed by atoms with Gasteiger partial charge in [0.1, 0.15) is 17.3 Å². The average Bonchev–Trinajstić information content (AvgIpc) is 2.61. The Labute approximate surface area is 135 Å². The smallest absolute Gasteiger partial charge is 0.126 e. The molecule has 0 N–H and O–H groups in total. The van der Waals surface area contributed by atoms with Crippen LogP contribution in [-0.4, -0.2) is 24.2 Å². The van der Waals surface area contributed by atoms with Crippen molar-refractivity contribution in [1.82, 2.24) is 9.97 Å². The third kappa shape index (κ3) is 3.31. The van der Waals surface area contributed by atoms with E-state index in [9.17, 15) is 0 Å². The second kappa shape index (κ2) is 6.48. The molecule has 116 valence electrons. The Balaban J connectivity index is 2.00. The molecule has 4 heteroatoms. The van der Waals surface area contributed by atoms with Gasteiger partial charge in [0.05, 0.1) is 25.6 Å². The van der Waals surface area contributed by atoms with Gasteiger partial charge in [-0.1, -0.05) is 0 Å². The lowest BCUT2D eigenvalue weighted by Crippen LogP contribution is -1.95. The summed E-state index contributed by atoms with van der Waals surface area (Å²) in [5.74, 6) is 2.40. The molecule has 0 bridgehead atoms. The van der Waals surface area contributed by atoms with Crippen molar-refractivity contribution in [2.45, 2.75) is 6.92 Å². The molecule has 1 aromatic heterocycles. The Kier molecular flexibility index (Phi) is 4.24. The first kappa shape index (κ1) is 15.0. The van der Waals surface area contributed by atoms with E-state index < -0.39 is 0 Å². The highest BCUT2D eigenvalue weighted by molar-refractivity contribution is 5.68. The molecule has 0 aliphatic heterocycles. The van der Waals surface area contributed by atoms with Gasteiger partial charge < -0.3 is 9.47 Å². The van der Waals surface area contributed by atoms with E-state index in [1.807, 2.05) is 61.5 Å². The monoisotopic (exact) mass is 306 g/mol. The zero-order chi connectivity index (χ0) is 16.2. The molecule has 2 aromatic carbocycles. The average molecular weight is 306 g/mol. The van der Waals surface area contributed by atoms with Crippen LogP contribution in [0.4, 0.5) is 0 Å². The summed E-state index contributed by atoms with van der Waals surface area (Å²) >= 11 is 0. The van der Waals surface area contributed by atoms with Crippen LogP contribution in [0.3, 0.4) is 0 Å². The molecule has 0 fully saturated rings. The van der Waals surface area contributed by atoms with Gasteiger partial charge in [0, 0.05) is 11.1 Å². The van der Waals surface area contributed by atoms with Crippen LogP contribution in [0.1, 0.15) is 5.82 Å². The van der Waals surface area contributed by atoms with E-state index >= 15 is 0 Å². The zero-order valence-corrected chi connectivity index (χ0v) is 13.4. The van der Waals surface area contributed by atoms with E-state index in [0.29, 0.717) is 0 Å². The molecule has 1 heterocycles. The van der Waals surface area contributed by atoms with E-state index in [-0.39, 0.29) is 0 Å². The molecule has 0 saturated heterocycles. The first-order valence-electron chi connectivity index (χ1n) is 7.34. The predicted molar refractivity (Wildman–Crippen MR) is 90.7 cm³/mol. The normalized spacial score (nSPS) is 10.4. The number of nitrogens with zero attached hydrogens (tertiary/aromatic N) is 2. The van der Waals surface area contributed by atoms with Crippen molar-refractivity contribution in [3.63, 3.8) is 0 Å². The Morgan fingerprint density at radius 1 is 0.652 bits per heavy atom. The van der Waals surface area contributed by atoms with Crippen molar-refractivity contribution in [2.24, 2.45) is 0 Å². The minimum absolute atomic E-state index is 0.740. The topological polar surface area (TPSA) is 44.2 Å². The SMILES string of the molecule is COc1ccc(-c2cc(-c3ccc(OC)cc3)nc(C)n2)cc1. The van der Waals surface area contributed by atoms with Crippen LogP contribution in [0, 0.1) is 6.92 Å². The van der Waals surface area contributed by atoms with Gasteiger partial charge in [0.25, 0.3) is 0 Å².